The largest absolute Gasteiger partial charge is 0.494 e. The predicted octanol–water partition coefficient (Wildman–Crippen LogP) is 8.27. The van der Waals surface area contributed by atoms with Gasteiger partial charge < -0.3 is 10.1 Å². The minimum Gasteiger partial charge on any atom is -0.494 e. The van der Waals surface area contributed by atoms with Crippen LogP contribution in [0.15, 0.2) is 71.9 Å². The van der Waals surface area contributed by atoms with Crippen LogP contribution in [-0.2, 0) is 6.42 Å². The van der Waals surface area contributed by atoms with Crippen LogP contribution in [0.3, 0.4) is 0 Å². The van der Waals surface area contributed by atoms with Crippen LogP contribution in [0.25, 0.3) is 11.1 Å². The Labute approximate surface area is 197 Å². The van der Waals surface area contributed by atoms with Gasteiger partial charge in [0.15, 0.2) is 0 Å². The summed E-state index contributed by atoms with van der Waals surface area (Å²) in [7, 11) is 0. The molecule has 0 aromatic heterocycles. The highest BCUT2D eigenvalue weighted by Crippen LogP contribution is 2.39. The number of ether oxygens (including phenoxy) is 1. The number of para-hydroxylation sites is 1. The first-order valence-electron chi connectivity index (χ1n) is 12.3. The number of unbranched alkanes of at least 4 members (excludes halogenated alkanes) is 7. The fourth-order valence-electron chi connectivity index (χ4n) is 4.59. The summed E-state index contributed by atoms with van der Waals surface area (Å²) in [5.41, 5.74) is 6.60. The van der Waals surface area contributed by atoms with E-state index in [4.69, 9.17) is 4.74 Å². The number of fused-ring (bicyclic) bond motifs is 3. The highest BCUT2D eigenvalue weighted by Gasteiger charge is 2.19. The summed E-state index contributed by atoms with van der Waals surface area (Å²) in [6, 6.07) is 22.5. The third-order valence-electron chi connectivity index (χ3n) is 6.38. The SMILES string of the molecule is O=Nc1ccc2c(c1)Cc1cc(OCCCCCCCCCCNc3ccccc3)ccc1-2. The molecule has 0 saturated heterocycles. The van der Waals surface area contributed by atoms with Crippen LogP contribution in [0.5, 0.6) is 5.75 Å². The highest BCUT2D eigenvalue weighted by molar-refractivity contribution is 5.78. The lowest BCUT2D eigenvalue weighted by molar-refractivity contribution is 0.304. The first-order valence-corrected chi connectivity index (χ1v) is 12.3. The second-order valence-electron chi connectivity index (χ2n) is 8.90. The molecule has 172 valence electrons. The minimum atomic E-state index is 0.498. The van der Waals surface area contributed by atoms with E-state index in [-0.39, 0.29) is 0 Å². The number of nitroso groups, excluding NO2 is 1. The number of nitrogens with one attached hydrogen (secondary N) is 1. The number of hydrogen-bond donors (Lipinski definition) is 1. The molecule has 0 radical (unpaired) electrons. The van der Waals surface area contributed by atoms with Gasteiger partial charge >= 0.3 is 0 Å². The molecule has 0 atom stereocenters. The first kappa shape index (κ1) is 23.0. The lowest BCUT2D eigenvalue weighted by Crippen LogP contribution is -2.00. The van der Waals surface area contributed by atoms with Crippen LogP contribution in [0.1, 0.15) is 62.5 Å². The summed E-state index contributed by atoms with van der Waals surface area (Å²) in [6.45, 7) is 1.84. The van der Waals surface area contributed by atoms with Crippen LogP contribution in [-0.4, -0.2) is 13.2 Å². The first-order chi connectivity index (χ1) is 16.3. The van der Waals surface area contributed by atoms with E-state index in [0.717, 1.165) is 31.7 Å². The molecule has 1 aliphatic rings. The Hall–Kier alpha value is -3.14. The third-order valence-corrected chi connectivity index (χ3v) is 6.38. The van der Waals surface area contributed by atoms with E-state index in [2.05, 4.69) is 53.0 Å². The van der Waals surface area contributed by atoms with Crippen molar-refractivity contribution in [2.45, 2.75) is 57.8 Å². The summed E-state index contributed by atoms with van der Waals surface area (Å²) in [4.78, 5) is 10.8. The monoisotopic (exact) mass is 442 g/mol. The molecule has 0 aliphatic heterocycles. The quantitative estimate of drug-likeness (QED) is 0.158. The molecular weight excluding hydrogens is 408 g/mol. The van der Waals surface area contributed by atoms with Crippen molar-refractivity contribution in [3.8, 4) is 16.9 Å². The summed E-state index contributed by atoms with van der Waals surface area (Å²) in [5.74, 6) is 0.944. The van der Waals surface area contributed by atoms with Crippen LogP contribution in [0.4, 0.5) is 11.4 Å². The Kier molecular flexibility index (Phi) is 8.51. The van der Waals surface area contributed by atoms with Gasteiger partial charge in [-0.1, -0.05) is 68.9 Å². The van der Waals surface area contributed by atoms with Crippen molar-refractivity contribution in [2.75, 3.05) is 18.5 Å². The van der Waals surface area contributed by atoms with Gasteiger partial charge in [-0.3, -0.25) is 0 Å². The molecule has 0 heterocycles. The van der Waals surface area contributed by atoms with E-state index in [9.17, 15) is 4.91 Å². The zero-order chi connectivity index (χ0) is 22.7. The van der Waals surface area contributed by atoms with Crippen molar-refractivity contribution in [1.29, 1.82) is 0 Å². The minimum absolute atomic E-state index is 0.498. The Morgan fingerprint density at radius 3 is 2.15 bits per heavy atom. The normalized spacial score (nSPS) is 11.6. The molecule has 4 rings (SSSR count). The van der Waals surface area contributed by atoms with Crippen LogP contribution in [0.2, 0.25) is 0 Å². The standard InChI is InChI=1S/C29H34N2O2/c32-31-26-14-16-28-23(21-26)20-24-22-27(15-17-29(24)28)33-19-11-6-4-2-1-3-5-10-18-30-25-12-8-7-9-13-25/h7-9,12-17,21-22,30H,1-6,10-11,18-20H2. The van der Waals surface area contributed by atoms with Gasteiger partial charge in [-0.2, -0.15) is 0 Å². The molecule has 4 nitrogen and oxygen atoms in total. The van der Waals surface area contributed by atoms with Crippen molar-refractivity contribution in [3.63, 3.8) is 0 Å². The second-order valence-corrected chi connectivity index (χ2v) is 8.90. The van der Waals surface area contributed by atoms with Crippen molar-refractivity contribution < 1.29 is 4.74 Å². The van der Waals surface area contributed by atoms with Gasteiger partial charge in [0.2, 0.25) is 0 Å². The number of nitrogens with zero attached hydrogens (tertiary/aromatic N) is 1. The van der Waals surface area contributed by atoms with Gasteiger partial charge in [0.1, 0.15) is 11.4 Å². The van der Waals surface area contributed by atoms with Crippen molar-refractivity contribution in [3.05, 3.63) is 82.8 Å². The van der Waals surface area contributed by atoms with Gasteiger partial charge in [-0.15, -0.1) is 4.91 Å². The molecule has 1 aliphatic carbocycles. The smallest absolute Gasteiger partial charge is 0.119 e. The van der Waals surface area contributed by atoms with E-state index in [1.807, 2.05) is 18.2 Å². The van der Waals surface area contributed by atoms with E-state index in [1.54, 1.807) is 6.07 Å². The van der Waals surface area contributed by atoms with Gasteiger partial charge in [0.25, 0.3) is 0 Å². The molecule has 0 fully saturated rings. The maximum absolute atomic E-state index is 10.8. The molecule has 33 heavy (non-hydrogen) atoms. The number of hydrogen-bond acceptors (Lipinski definition) is 4. The van der Waals surface area contributed by atoms with E-state index >= 15 is 0 Å². The lowest BCUT2D eigenvalue weighted by atomic mass is 10.1. The Morgan fingerprint density at radius 1 is 0.727 bits per heavy atom. The van der Waals surface area contributed by atoms with Gasteiger partial charge in [-0.25, -0.2) is 0 Å². The van der Waals surface area contributed by atoms with Crippen molar-refractivity contribution >= 4 is 11.4 Å². The van der Waals surface area contributed by atoms with Crippen molar-refractivity contribution in [1.82, 2.24) is 0 Å². The van der Waals surface area contributed by atoms with E-state index in [0.29, 0.717) is 5.69 Å². The summed E-state index contributed by atoms with van der Waals surface area (Å²) < 4.78 is 6.01. The molecule has 0 saturated carbocycles. The van der Waals surface area contributed by atoms with Gasteiger partial charge in [0.05, 0.1) is 6.61 Å². The zero-order valence-corrected chi connectivity index (χ0v) is 19.4. The summed E-state index contributed by atoms with van der Waals surface area (Å²) >= 11 is 0. The maximum atomic E-state index is 10.8. The van der Waals surface area contributed by atoms with E-state index < -0.39 is 0 Å². The topological polar surface area (TPSA) is 50.7 Å². The average molecular weight is 443 g/mol. The van der Waals surface area contributed by atoms with Crippen molar-refractivity contribution in [2.24, 2.45) is 5.18 Å². The lowest BCUT2D eigenvalue weighted by Gasteiger charge is -2.08. The molecule has 0 amide bonds. The third kappa shape index (κ3) is 6.67. The molecule has 4 heteroatoms. The Morgan fingerprint density at radius 2 is 1.39 bits per heavy atom. The molecule has 0 bridgehead atoms. The summed E-state index contributed by atoms with van der Waals surface area (Å²) in [6.07, 6.45) is 11.0. The highest BCUT2D eigenvalue weighted by atomic mass is 16.5. The fourth-order valence-corrected chi connectivity index (χ4v) is 4.59. The molecular formula is C29H34N2O2. The molecule has 0 spiro atoms. The molecule has 1 N–H and O–H groups in total. The Balaban J connectivity index is 1.04. The predicted molar refractivity (Wildman–Crippen MR) is 138 cm³/mol. The molecule has 0 unspecified atom stereocenters. The zero-order valence-electron chi connectivity index (χ0n) is 19.4. The van der Waals surface area contributed by atoms with Gasteiger partial charge in [-0.05, 0) is 83.1 Å². The Bertz CT molecular complexity index is 1030. The van der Waals surface area contributed by atoms with E-state index in [1.165, 1.54) is 72.9 Å². The molecule has 3 aromatic rings. The number of rotatable bonds is 14. The fraction of sp³-hybridized carbons (Fsp3) is 0.379. The number of anilines is 1. The average Bonchev–Trinajstić information content (AvgIpc) is 3.22. The van der Waals surface area contributed by atoms with Crippen LogP contribution in [0, 0.1) is 4.91 Å². The second kappa shape index (κ2) is 12.2. The van der Waals surface area contributed by atoms with Crippen LogP contribution < -0.4 is 10.1 Å². The molecule has 3 aromatic carbocycles. The maximum Gasteiger partial charge on any atom is 0.119 e. The van der Waals surface area contributed by atoms with Gasteiger partial charge in [0, 0.05) is 12.2 Å². The van der Waals surface area contributed by atoms with Crippen LogP contribution >= 0.6 is 0 Å². The number of benzene rings is 3. The summed E-state index contributed by atoms with van der Waals surface area (Å²) in [5, 5.41) is 6.53.